The molecule has 0 atom stereocenters. The van der Waals surface area contributed by atoms with Crippen molar-refractivity contribution in [1.82, 2.24) is 20.3 Å². The van der Waals surface area contributed by atoms with Gasteiger partial charge in [-0.1, -0.05) is 67.2 Å². The number of nitrogens with zero attached hydrogens (tertiary/aromatic N) is 4. The van der Waals surface area contributed by atoms with Crippen molar-refractivity contribution in [3.8, 4) is 28.6 Å². The molecule has 0 unspecified atom stereocenters. The summed E-state index contributed by atoms with van der Waals surface area (Å²) >= 11 is 1.35. The molecule has 30 heavy (non-hydrogen) atoms. The Morgan fingerprint density at radius 3 is 2.60 bits per heavy atom. The maximum Gasteiger partial charge on any atom is 0.277 e. The number of rotatable bonds is 8. The molecule has 8 heteroatoms. The van der Waals surface area contributed by atoms with Gasteiger partial charge in [-0.2, -0.15) is 4.98 Å². The van der Waals surface area contributed by atoms with Gasteiger partial charge < -0.3 is 13.7 Å². The van der Waals surface area contributed by atoms with Gasteiger partial charge in [0, 0.05) is 5.56 Å². The van der Waals surface area contributed by atoms with Gasteiger partial charge in [0.15, 0.2) is 0 Å². The molecule has 4 aromatic rings. The van der Waals surface area contributed by atoms with Crippen molar-refractivity contribution >= 4 is 11.8 Å². The van der Waals surface area contributed by atoms with Gasteiger partial charge in [-0.3, -0.25) is 0 Å². The first-order valence-electron chi connectivity index (χ1n) is 9.75. The molecule has 0 saturated heterocycles. The average Bonchev–Trinajstić information content (AvgIpc) is 3.43. The first-order chi connectivity index (χ1) is 14.6. The van der Waals surface area contributed by atoms with Crippen molar-refractivity contribution in [3.05, 3.63) is 60.0 Å². The zero-order chi connectivity index (χ0) is 20.9. The molecule has 7 nitrogen and oxygen atoms in total. The second-order valence-electron chi connectivity index (χ2n) is 6.88. The second kappa shape index (κ2) is 9.13. The molecule has 0 fully saturated rings. The van der Waals surface area contributed by atoms with Gasteiger partial charge in [0.1, 0.15) is 5.75 Å². The number of ether oxygens (including phenoxy) is 1. The highest BCUT2D eigenvalue weighted by Crippen LogP contribution is 2.31. The molecule has 0 aliphatic heterocycles. The Hall–Kier alpha value is -3.13. The Morgan fingerprint density at radius 2 is 1.83 bits per heavy atom. The van der Waals surface area contributed by atoms with Gasteiger partial charge in [0.05, 0.1) is 17.9 Å². The lowest BCUT2D eigenvalue weighted by Crippen LogP contribution is -1.93. The summed E-state index contributed by atoms with van der Waals surface area (Å²) in [6.45, 7) is 6.82. The van der Waals surface area contributed by atoms with E-state index in [1.165, 1.54) is 17.3 Å². The fourth-order valence-corrected chi connectivity index (χ4v) is 3.47. The van der Waals surface area contributed by atoms with Crippen molar-refractivity contribution in [3.63, 3.8) is 0 Å². The van der Waals surface area contributed by atoms with Gasteiger partial charge in [0.2, 0.25) is 11.7 Å². The van der Waals surface area contributed by atoms with Crippen molar-refractivity contribution in [2.24, 2.45) is 0 Å². The third-order valence-electron chi connectivity index (χ3n) is 4.45. The fraction of sp³-hybridized carbons (Fsp3) is 0.273. The van der Waals surface area contributed by atoms with Crippen LogP contribution >= 0.6 is 11.8 Å². The molecule has 4 rings (SSSR count). The van der Waals surface area contributed by atoms with E-state index in [9.17, 15) is 0 Å². The molecule has 0 saturated carbocycles. The zero-order valence-corrected chi connectivity index (χ0v) is 17.8. The molecular weight excluding hydrogens is 400 g/mol. The van der Waals surface area contributed by atoms with Crippen LogP contribution < -0.4 is 4.74 Å². The summed E-state index contributed by atoms with van der Waals surface area (Å²) < 4.78 is 16.8. The lowest BCUT2D eigenvalue weighted by Gasteiger charge is -2.05. The van der Waals surface area contributed by atoms with Crippen LogP contribution in [0.4, 0.5) is 0 Å². The molecule has 0 aliphatic rings. The lowest BCUT2D eigenvalue weighted by molar-refractivity contribution is 0.340. The van der Waals surface area contributed by atoms with E-state index < -0.39 is 0 Å². The van der Waals surface area contributed by atoms with E-state index in [1.807, 2.05) is 43.3 Å². The minimum atomic E-state index is 0.415. The van der Waals surface area contributed by atoms with Gasteiger partial charge in [0.25, 0.3) is 11.1 Å². The van der Waals surface area contributed by atoms with Crippen LogP contribution in [0.25, 0.3) is 22.8 Å². The summed E-state index contributed by atoms with van der Waals surface area (Å²) in [7, 11) is 0. The monoisotopic (exact) mass is 422 g/mol. The molecule has 0 N–H and O–H groups in total. The Labute approximate surface area is 178 Å². The van der Waals surface area contributed by atoms with Crippen molar-refractivity contribution in [2.45, 2.75) is 37.7 Å². The highest BCUT2D eigenvalue weighted by molar-refractivity contribution is 7.98. The van der Waals surface area contributed by atoms with E-state index in [0.717, 1.165) is 11.1 Å². The number of para-hydroxylation sites is 1. The number of hydrogen-bond acceptors (Lipinski definition) is 8. The van der Waals surface area contributed by atoms with E-state index in [-0.39, 0.29) is 0 Å². The smallest absolute Gasteiger partial charge is 0.277 e. The SMILES string of the molecule is CCOc1ccccc1-c1nnc(SCc2nc(-c3ccc(C(C)C)cc3)no2)o1. The highest BCUT2D eigenvalue weighted by Gasteiger charge is 2.15. The van der Waals surface area contributed by atoms with Crippen LogP contribution in [0.3, 0.4) is 0 Å². The molecule has 0 amide bonds. The lowest BCUT2D eigenvalue weighted by atomic mass is 10.0. The highest BCUT2D eigenvalue weighted by atomic mass is 32.2. The maximum atomic E-state index is 5.78. The van der Waals surface area contributed by atoms with Gasteiger partial charge in [-0.25, -0.2) is 0 Å². The standard InChI is InChI=1S/C22H22N4O3S/c1-4-27-18-8-6-5-7-17(18)21-24-25-22(28-21)30-13-19-23-20(26-29-19)16-11-9-15(10-12-16)14(2)3/h5-12,14H,4,13H2,1-3H3. The van der Waals surface area contributed by atoms with Crippen molar-refractivity contribution < 1.29 is 13.7 Å². The van der Waals surface area contributed by atoms with E-state index in [0.29, 0.717) is 46.9 Å². The van der Waals surface area contributed by atoms with Crippen LogP contribution in [0.5, 0.6) is 5.75 Å². The summed E-state index contributed by atoms with van der Waals surface area (Å²) in [4.78, 5) is 4.47. The van der Waals surface area contributed by atoms with Gasteiger partial charge in [-0.15, -0.1) is 10.2 Å². The van der Waals surface area contributed by atoms with Crippen LogP contribution in [0, 0.1) is 0 Å². The first kappa shape index (κ1) is 20.2. The largest absolute Gasteiger partial charge is 0.493 e. The average molecular weight is 423 g/mol. The molecule has 2 aromatic heterocycles. The topological polar surface area (TPSA) is 87.1 Å². The number of aromatic nitrogens is 4. The first-order valence-corrected chi connectivity index (χ1v) is 10.7. The van der Waals surface area contributed by atoms with E-state index in [4.69, 9.17) is 13.7 Å². The van der Waals surface area contributed by atoms with E-state index in [1.54, 1.807) is 0 Å². The third kappa shape index (κ3) is 4.54. The normalized spacial score (nSPS) is 11.2. The summed E-state index contributed by atoms with van der Waals surface area (Å²) in [5, 5.41) is 12.7. The third-order valence-corrected chi connectivity index (χ3v) is 5.25. The van der Waals surface area contributed by atoms with Crippen LogP contribution in [0.2, 0.25) is 0 Å². The van der Waals surface area contributed by atoms with Crippen molar-refractivity contribution in [2.75, 3.05) is 6.61 Å². The van der Waals surface area contributed by atoms with Gasteiger partial charge in [-0.05, 0) is 30.5 Å². The minimum absolute atomic E-state index is 0.415. The Kier molecular flexibility index (Phi) is 6.13. The molecular formula is C22H22N4O3S. The fourth-order valence-electron chi connectivity index (χ4n) is 2.87. The molecule has 2 heterocycles. The Balaban J connectivity index is 1.42. The minimum Gasteiger partial charge on any atom is -0.493 e. The molecule has 2 aromatic carbocycles. The predicted molar refractivity (Wildman–Crippen MR) is 114 cm³/mol. The predicted octanol–water partition coefficient (Wildman–Crippen LogP) is 5.60. The summed E-state index contributed by atoms with van der Waals surface area (Å²) in [6.07, 6.45) is 0. The van der Waals surface area contributed by atoms with E-state index >= 15 is 0 Å². The molecule has 0 bridgehead atoms. The molecule has 154 valence electrons. The van der Waals surface area contributed by atoms with Crippen LogP contribution in [-0.4, -0.2) is 26.9 Å². The van der Waals surface area contributed by atoms with Gasteiger partial charge >= 0.3 is 0 Å². The maximum absolute atomic E-state index is 5.78. The number of thioether (sulfide) groups is 1. The molecule has 0 radical (unpaired) electrons. The summed E-state index contributed by atoms with van der Waals surface area (Å²) in [5.41, 5.74) is 2.96. The van der Waals surface area contributed by atoms with E-state index in [2.05, 4.69) is 46.3 Å². The van der Waals surface area contributed by atoms with Crippen LogP contribution in [-0.2, 0) is 5.75 Å². The summed E-state index contributed by atoms with van der Waals surface area (Å²) in [6, 6.07) is 15.8. The number of hydrogen-bond donors (Lipinski definition) is 0. The van der Waals surface area contributed by atoms with Crippen LogP contribution in [0.1, 0.15) is 38.1 Å². The quantitative estimate of drug-likeness (QED) is 0.339. The van der Waals surface area contributed by atoms with Crippen LogP contribution in [0.15, 0.2) is 62.7 Å². The Morgan fingerprint density at radius 1 is 1.03 bits per heavy atom. The second-order valence-corrected chi connectivity index (χ2v) is 7.81. The molecule has 0 aliphatic carbocycles. The number of benzene rings is 2. The van der Waals surface area contributed by atoms with Crippen molar-refractivity contribution in [1.29, 1.82) is 0 Å². The molecule has 0 spiro atoms. The Bertz CT molecular complexity index is 1110. The zero-order valence-electron chi connectivity index (χ0n) is 17.0. The summed E-state index contributed by atoms with van der Waals surface area (Å²) in [5.74, 6) is 3.11.